The van der Waals surface area contributed by atoms with Gasteiger partial charge in [-0.2, -0.15) is 0 Å². The SMILES string of the molecule is C=Cc1cccc(O[PH](=O)OCC)c1. The maximum atomic E-state index is 11.1. The fraction of sp³-hybridized carbons (Fsp3) is 0.200. The van der Waals surface area contributed by atoms with Gasteiger partial charge in [-0.15, -0.1) is 0 Å². The lowest BCUT2D eigenvalue weighted by Gasteiger charge is -2.05. The Labute approximate surface area is 84.3 Å². The van der Waals surface area contributed by atoms with Gasteiger partial charge in [0.1, 0.15) is 5.75 Å². The minimum absolute atomic E-state index is 0.388. The minimum atomic E-state index is -2.40. The Balaban J connectivity index is 2.66. The third-order valence-electron chi connectivity index (χ3n) is 1.56. The van der Waals surface area contributed by atoms with Crippen LogP contribution < -0.4 is 4.52 Å². The van der Waals surface area contributed by atoms with Crippen LogP contribution in [0.15, 0.2) is 30.8 Å². The van der Waals surface area contributed by atoms with E-state index in [1.165, 1.54) is 0 Å². The molecule has 1 rings (SSSR count). The van der Waals surface area contributed by atoms with Crippen LogP contribution in [0.3, 0.4) is 0 Å². The van der Waals surface area contributed by atoms with Gasteiger partial charge >= 0.3 is 8.25 Å². The molecule has 0 aliphatic carbocycles. The molecule has 1 atom stereocenters. The van der Waals surface area contributed by atoms with Crippen molar-refractivity contribution in [3.05, 3.63) is 36.4 Å². The first-order valence-corrected chi connectivity index (χ1v) is 5.56. The normalized spacial score (nSPS) is 12.1. The Morgan fingerprint density at radius 2 is 2.36 bits per heavy atom. The number of benzene rings is 1. The molecule has 14 heavy (non-hydrogen) atoms. The van der Waals surface area contributed by atoms with Crippen molar-refractivity contribution in [3.63, 3.8) is 0 Å². The maximum Gasteiger partial charge on any atom is 0.367 e. The van der Waals surface area contributed by atoms with Crippen molar-refractivity contribution in [2.75, 3.05) is 6.61 Å². The lowest BCUT2D eigenvalue weighted by molar-refractivity contribution is 0.302. The van der Waals surface area contributed by atoms with Gasteiger partial charge in [-0.25, -0.2) is 4.57 Å². The highest BCUT2D eigenvalue weighted by Crippen LogP contribution is 2.28. The number of hydrogen-bond donors (Lipinski definition) is 0. The van der Waals surface area contributed by atoms with Crippen LogP contribution in [0, 0.1) is 0 Å². The smallest absolute Gasteiger partial charge is 0.367 e. The summed E-state index contributed by atoms with van der Waals surface area (Å²) in [5, 5.41) is 0. The summed E-state index contributed by atoms with van der Waals surface area (Å²) >= 11 is 0. The van der Waals surface area contributed by atoms with E-state index in [9.17, 15) is 4.57 Å². The molecule has 0 fully saturated rings. The second-order valence-corrected chi connectivity index (χ2v) is 3.55. The summed E-state index contributed by atoms with van der Waals surface area (Å²) in [6, 6.07) is 7.19. The topological polar surface area (TPSA) is 35.5 Å². The highest BCUT2D eigenvalue weighted by molar-refractivity contribution is 7.33. The molecule has 0 spiro atoms. The standard InChI is InChI=1S/C10H13O3P/c1-3-9-6-5-7-10(8-9)13-14(11)12-4-2/h3,5-8,14H,1,4H2,2H3. The van der Waals surface area contributed by atoms with E-state index in [1.54, 1.807) is 25.1 Å². The third-order valence-corrected chi connectivity index (χ3v) is 2.48. The van der Waals surface area contributed by atoms with Gasteiger partial charge in [-0.3, -0.25) is 0 Å². The Bertz CT molecular complexity index is 336. The van der Waals surface area contributed by atoms with Crippen molar-refractivity contribution in [1.82, 2.24) is 0 Å². The third kappa shape index (κ3) is 3.36. The van der Waals surface area contributed by atoms with Crippen LogP contribution in [-0.4, -0.2) is 6.61 Å². The predicted octanol–water partition coefficient (Wildman–Crippen LogP) is 3.13. The van der Waals surface area contributed by atoms with Crippen molar-refractivity contribution < 1.29 is 13.6 Å². The van der Waals surface area contributed by atoms with Crippen LogP contribution in [-0.2, 0) is 9.09 Å². The molecule has 0 saturated heterocycles. The Kier molecular flexibility index (Phi) is 4.44. The molecular weight excluding hydrogens is 199 g/mol. The largest absolute Gasteiger partial charge is 0.426 e. The molecule has 0 amide bonds. The van der Waals surface area contributed by atoms with Crippen molar-refractivity contribution in [1.29, 1.82) is 0 Å². The van der Waals surface area contributed by atoms with E-state index in [-0.39, 0.29) is 0 Å². The van der Waals surface area contributed by atoms with Gasteiger partial charge in [0, 0.05) is 0 Å². The van der Waals surface area contributed by atoms with Crippen LogP contribution in [0.4, 0.5) is 0 Å². The molecule has 0 heterocycles. The molecule has 1 aromatic rings. The van der Waals surface area contributed by atoms with Crippen molar-refractivity contribution in [2.24, 2.45) is 0 Å². The van der Waals surface area contributed by atoms with Gasteiger partial charge in [0.05, 0.1) is 6.61 Å². The maximum absolute atomic E-state index is 11.1. The zero-order valence-corrected chi connectivity index (χ0v) is 9.03. The molecule has 0 aliphatic heterocycles. The first-order chi connectivity index (χ1) is 6.76. The molecule has 1 unspecified atom stereocenters. The zero-order valence-electron chi connectivity index (χ0n) is 8.03. The zero-order chi connectivity index (χ0) is 10.4. The summed E-state index contributed by atoms with van der Waals surface area (Å²) < 4.78 is 21.0. The van der Waals surface area contributed by atoms with E-state index in [2.05, 4.69) is 6.58 Å². The highest BCUT2D eigenvalue weighted by Gasteiger charge is 2.00. The average Bonchev–Trinajstić information content (AvgIpc) is 2.18. The summed E-state index contributed by atoms with van der Waals surface area (Å²) in [6.07, 6.45) is 1.70. The van der Waals surface area contributed by atoms with Crippen LogP contribution in [0.25, 0.3) is 6.08 Å². The summed E-state index contributed by atoms with van der Waals surface area (Å²) in [6.45, 7) is 5.79. The summed E-state index contributed by atoms with van der Waals surface area (Å²) in [5.41, 5.74) is 0.925. The Morgan fingerprint density at radius 1 is 1.57 bits per heavy atom. The van der Waals surface area contributed by atoms with E-state index in [0.717, 1.165) is 5.56 Å². The van der Waals surface area contributed by atoms with Crippen LogP contribution in [0.5, 0.6) is 5.75 Å². The molecule has 1 aromatic carbocycles. The molecule has 0 bridgehead atoms. The fourth-order valence-corrected chi connectivity index (χ4v) is 1.56. The minimum Gasteiger partial charge on any atom is -0.426 e. The predicted molar refractivity (Wildman–Crippen MR) is 57.8 cm³/mol. The fourth-order valence-electron chi connectivity index (χ4n) is 0.949. The monoisotopic (exact) mass is 212 g/mol. The molecule has 76 valence electrons. The quantitative estimate of drug-likeness (QED) is 0.703. The summed E-state index contributed by atoms with van der Waals surface area (Å²) in [5.74, 6) is 0.541. The lowest BCUT2D eigenvalue weighted by Crippen LogP contribution is -1.86. The molecule has 0 saturated carbocycles. The van der Waals surface area contributed by atoms with E-state index in [0.29, 0.717) is 12.4 Å². The summed E-state index contributed by atoms with van der Waals surface area (Å²) in [4.78, 5) is 0. The summed E-state index contributed by atoms with van der Waals surface area (Å²) in [7, 11) is -2.40. The van der Waals surface area contributed by atoms with Crippen LogP contribution in [0.1, 0.15) is 12.5 Å². The van der Waals surface area contributed by atoms with Gasteiger partial charge in [-0.1, -0.05) is 24.8 Å². The second-order valence-electron chi connectivity index (χ2n) is 2.56. The van der Waals surface area contributed by atoms with E-state index < -0.39 is 8.25 Å². The van der Waals surface area contributed by atoms with E-state index in [1.807, 2.05) is 12.1 Å². The molecule has 0 N–H and O–H groups in total. The van der Waals surface area contributed by atoms with Crippen LogP contribution in [0.2, 0.25) is 0 Å². The second kappa shape index (κ2) is 5.63. The Hall–Kier alpha value is -1.05. The van der Waals surface area contributed by atoms with Crippen molar-refractivity contribution >= 4 is 14.3 Å². The first-order valence-electron chi connectivity index (χ1n) is 4.33. The average molecular weight is 212 g/mol. The molecule has 0 radical (unpaired) electrons. The van der Waals surface area contributed by atoms with Gasteiger partial charge in [0.25, 0.3) is 0 Å². The Morgan fingerprint density at radius 3 is 3.00 bits per heavy atom. The number of hydrogen-bond acceptors (Lipinski definition) is 3. The molecule has 4 heteroatoms. The molecule has 3 nitrogen and oxygen atoms in total. The highest BCUT2D eigenvalue weighted by atomic mass is 31.1. The van der Waals surface area contributed by atoms with Gasteiger partial charge < -0.3 is 9.05 Å². The van der Waals surface area contributed by atoms with Crippen molar-refractivity contribution in [2.45, 2.75) is 6.92 Å². The van der Waals surface area contributed by atoms with Crippen LogP contribution >= 0.6 is 8.25 Å². The van der Waals surface area contributed by atoms with Gasteiger partial charge in [-0.05, 0) is 24.6 Å². The molecule has 0 aromatic heterocycles. The van der Waals surface area contributed by atoms with E-state index in [4.69, 9.17) is 9.05 Å². The van der Waals surface area contributed by atoms with Crippen molar-refractivity contribution in [3.8, 4) is 5.75 Å². The van der Waals surface area contributed by atoms with E-state index >= 15 is 0 Å². The van der Waals surface area contributed by atoms with Gasteiger partial charge in [0.15, 0.2) is 0 Å². The molecular formula is C10H13O3P. The number of rotatable bonds is 5. The molecule has 0 aliphatic rings. The lowest BCUT2D eigenvalue weighted by atomic mass is 10.2. The van der Waals surface area contributed by atoms with Gasteiger partial charge in [0.2, 0.25) is 0 Å². The first kappa shape index (κ1) is 11.0.